The normalized spacial score (nSPS) is 21.0. The Bertz CT molecular complexity index is 631. The van der Waals surface area contributed by atoms with Gasteiger partial charge in [-0.25, -0.2) is 0 Å². The van der Waals surface area contributed by atoms with E-state index in [0.29, 0.717) is 13.1 Å². The van der Waals surface area contributed by atoms with Crippen molar-refractivity contribution >= 4 is 17.5 Å². The van der Waals surface area contributed by atoms with Crippen LogP contribution in [0.3, 0.4) is 0 Å². The highest BCUT2D eigenvalue weighted by atomic mass is 16.2. The first kappa shape index (κ1) is 18.7. The largest absolute Gasteiger partial charge is 0.375 e. The molecule has 0 aromatic heterocycles. The second kappa shape index (κ2) is 8.54. The Hall–Kier alpha value is -2.08. The van der Waals surface area contributed by atoms with Crippen molar-refractivity contribution in [2.75, 3.05) is 51.2 Å². The smallest absolute Gasteiger partial charge is 0.253 e. The lowest BCUT2D eigenvalue weighted by atomic mass is 10.0. The second-order valence-electron chi connectivity index (χ2n) is 7.28. The summed E-state index contributed by atoms with van der Waals surface area (Å²) < 4.78 is 0. The monoisotopic (exact) mass is 358 g/mol. The summed E-state index contributed by atoms with van der Waals surface area (Å²) in [6, 6.07) is 8.03. The van der Waals surface area contributed by atoms with Crippen molar-refractivity contribution in [1.29, 1.82) is 0 Å². The summed E-state index contributed by atoms with van der Waals surface area (Å²) in [4.78, 5) is 31.1. The number of nitrogens with one attached hydrogen (secondary N) is 1. The van der Waals surface area contributed by atoms with Crippen LogP contribution in [0.5, 0.6) is 0 Å². The molecule has 1 aromatic rings. The van der Waals surface area contributed by atoms with E-state index >= 15 is 0 Å². The molecule has 0 aliphatic carbocycles. The van der Waals surface area contributed by atoms with Gasteiger partial charge in [-0.05, 0) is 43.5 Å². The molecule has 2 heterocycles. The molecule has 3 rings (SSSR count). The first-order valence-electron chi connectivity index (χ1n) is 9.71. The molecule has 0 bridgehead atoms. The molecule has 1 aromatic carbocycles. The second-order valence-corrected chi connectivity index (χ2v) is 7.28. The third-order valence-electron chi connectivity index (χ3n) is 5.36. The van der Waals surface area contributed by atoms with Gasteiger partial charge in [0.2, 0.25) is 5.91 Å². The fourth-order valence-corrected chi connectivity index (χ4v) is 3.91. The number of benzene rings is 1. The summed E-state index contributed by atoms with van der Waals surface area (Å²) in [6.07, 6.45) is 3.03. The minimum absolute atomic E-state index is 0.0713. The van der Waals surface area contributed by atoms with Gasteiger partial charge in [-0.2, -0.15) is 0 Å². The summed E-state index contributed by atoms with van der Waals surface area (Å²) in [5, 5.41) is 3.11. The number of anilines is 1. The topological polar surface area (TPSA) is 55.9 Å². The summed E-state index contributed by atoms with van der Waals surface area (Å²) in [7, 11) is 2.07. The maximum atomic E-state index is 12.9. The zero-order valence-electron chi connectivity index (χ0n) is 15.9. The number of piperazine rings is 1. The summed E-state index contributed by atoms with van der Waals surface area (Å²) in [5.41, 5.74) is 1.86. The zero-order chi connectivity index (χ0) is 18.5. The molecule has 26 heavy (non-hydrogen) atoms. The standard InChI is InChI=1S/C20H30N4O2/c1-3-11-22(2)17-8-6-16(7-9-17)20(26)23-12-4-5-18(15-23)24-13-10-21-14-19(24)25/h6-9,18,21H,3-5,10-15H2,1-2H3. The Morgan fingerprint density at radius 1 is 1.27 bits per heavy atom. The predicted molar refractivity (Wildman–Crippen MR) is 104 cm³/mol. The van der Waals surface area contributed by atoms with E-state index in [1.165, 1.54) is 0 Å². The van der Waals surface area contributed by atoms with Gasteiger partial charge in [-0.15, -0.1) is 0 Å². The molecular weight excluding hydrogens is 328 g/mol. The van der Waals surface area contributed by atoms with E-state index in [9.17, 15) is 9.59 Å². The molecule has 0 radical (unpaired) electrons. The molecule has 1 unspecified atom stereocenters. The van der Waals surface area contributed by atoms with Crippen LogP contribution < -0.4 is 10.2 Å². The van der Waals surface area contributed by atoms with Crippen LogP contribution in [-0.2, 0) is 4.79 Å². The van der Waals surface area contributed by atoms with E-state index in [1.807, 2.05) is 34.1 Å². The van der Waals surface area contributed by atoms with E-state index in [4.69, 9.17) is 0 Å². The SMILES string of the molecule is CCCN(C)c1ccc(C(=O)N2CCCC(N3CCNCC3=O)C2)cc1. The van der Waals surface area contributed by atoms with Crippen LogP contribution in [0.15, 0.2) is 24.3 Å². The lowest BCUT2D eigenvalue weighted by Gasteiger charge is -2.41. The fraction of sp³-hybridized carbons (Fsp3) is 0.600. The van der Waals surface area contributed by atoms with Crippen molar-refractivity contribution in [1.82, 2.24) is 15.1 Å². The van der Waals surface area contributed by atoms with Crippen LogP contribution in [0.2, 0.25) is 0 Å². The summed E-state index contributed by atoms with van der Waals surface area (Å²) in [6.45, 7) is 6.56. The predicted octanol–water partition coefficient (Wildman–Crippen LogP) is 1.57. The number of carbonyl (C=O) groups excluding carboxylic acids is 2. The van der Waals surface area contributed by atoms with Gasteiger partial charge in [0.1, 0.15) is 0 Å². The van der Waals surface area contributed by atoms with Gasteiger partial charge in [0.05, 0.1) is 6.54 Å². The molecule has 0 spiro atoms. The third-order valence-corrected chi connectivity index (χ3v) is 5.36. The molecule has 2 saturated heterocycles. The molecular formula is C20H30N4O2. The number of amides is 2. The Labute approximate surface area is 156 Å². The number of hydrogen-bond acceptors (Lipinski definition) is 4. The molecule has 2 amide bonds. The van der Waals surface area contributed by atoms with E-state index in [1.54, 1.807) is 0 Å². The maximum absolute atomic E-state index is 12.9. The minimum atomic E-state index is 0.0713. The molecule has 2 aliphatic heterocycles. The third kappa shape index (κ3) is 4.18. The Balaban J connectivity index is 1.64. The van der Waals surface area contributed by atoms with Gasteiger partial charge in [0.25, 0.3) is 5.91 Å². The van der Waals surface area contributed by atoms with Gasteiger partial charge >= 0.3 is 0 Å². The number of hydrogen-bond donors (Lipinski definition) is 1. The molecule has 6 nitrogen and oxygen atoms in total. The van der Waals surface area contributed by atoms with Crippen LogP contribution >= 0.6 is 0 Å². The van der Waals surface area contributed by atoms with Crippen LogP contribution in [0.25, 0.3) is 0 Å². The highest BCUT2D eigenvalue weighted by molar-refractivity contribution is 5.94. The van der Waals surface area contributed by atoms with Crippen molar-refractivity contribution in [3.8, 4) is 0 Å². The molecule has 1 atom stereocenters. The number of nitrogens with zero attached hydrogens (tertiary/aromatic N) is 3. The van der Waals surface area contributed by atoms with Crippen LogP contribution in [0.1, 0.15) is 36.5 Å². The summed E-state index contributed by atoms with van der Waals surface area (Å²) >= 11 is 0. The van der Waals surface area contributed by atoms with Gasteiger partial charge in [0, 0.05) is 57.1 Å². The minimum Gasteiger partial charge on any atom is -0.375 e. The number of likely N-dealkylation sites (tertiary alicyclic amines) is 1. The fourth-order valence-electron chi connectivity index (χ4n) is 3.91. The van der Waals surface area contributed by atoms with Crippen molar-refractivity contribution < 1.29 is 9.59 Å². The number of piperidine rings is 1. The van der Waals surface area contributed by atoms with Gasteiger partial charge in [-0.3, -0.25) is 9.59 Å². The van der Waals surface area contributed by atoms with Crippen molar-refractivity contribution in [3.05, 3.63) is 29.8 Å². The van der Waals surface area contributed by atoms with Gasteiger partial charge in [0.15, 0.2) is 0 Å². The van der Waals surface area contributed by atoms with Crippen molar-refractivity contribution in [2.24, 2.45) is 0 Å². The lowest BCUT2D eigenvalue weighted by Crippen LogP contribution is -2.57. The van der Waals surface area contributed by atoms with Crippen LogP contribution in [0.4, 0.5) is 5.69 Å². The Kier molecular flexibility index (Phi) is 6.14. The Morgan fingerprint density at radius 2 is 2.04 bits per heavy atom. The quantitative estimate of drug-likeness (QED) is 0.868. The average molecular weight is 358 g/mol. The van der Waals surface area contributed by atoms with Crippen molar-refractivity contribution in [3.63, 3.8) is 0 Å². The van der Waals surface area contributed by atoms with E-state index in [0.717, 1.165) is 56.7 Å². The van der Waals surface area contributed by atoms with Crippen LogP contribution in [-0.4, -0.2) is 74.0 Å². The Morgan fingerprint density at radius 3 is 2.73 bits per heavy atom. The summed E-state index contributed by atoms with van der Waals surface area (Å²) in [5.74, 6) is 0.223. The average Bonchev–Trinajstić information content (AvgIpc) is 2.68. The highest BCUT2D eigenvalue weighted by Crippen LogP contribution is 2.20. The van der Waals surface area contributed by atoms with Gasteiger partial charge in [-0.1, -0.05) is 6.92 Å². The zero-order valence-corrected chi connectivity index (χ0v) is 15.9. The van der Waals surface area contributed by atoms with Crippen LogP contribution in [0, 0.1) is 0 Å². The first-order valence-corrected chi connectivity index (χ1v) is 9.71. The van der Waals surface area contributed by atoms with E-state index in [-0.39, 0.29) is 17.9 Å². The van der Waals surface area contributed by atoms with Gasteiger partial charge < -0.3 is 20.0 Å². The molecule has 0 saturated carbocycles. The molecule has 2 fully saturated rings. The molecule has 2 aliphatic rings. The molecule has 1 N–H and O–H groups in total. The molecule has 6 heteroatoms. The maximum Gasteiger partial charge on any atom is 0.253 e. The highest BCUT2D eigenvalue weighted by Gasteiger charge is 2.31. The molecule has 142 valence electrons. The first-order chi connectivity index (χ1) is 12.6. The number of carbonyl (C=O) groups is 2. The van der Waals surface area contributed by atoms with Crippen molar-refractivity contribution in [2.45, 2.75) is 32.2 Å². The van der Waals surface area contributed by atoms with E-state index < -0.39 is 0 Å². The number of rotatable bonds is 5. The van der Waals surface area contributed by atoms with E-state index in [2.05, 4.69) is 24.2 Å². The lowest BCUT2D eigenvalue weighted by molar-refractivity contribution is -0.135.